The smallest absolute Gasteiger partial charge is 0.141 e. The van der Waals surface area contributed by atoms with E-state index in [1.165, 1.54) is 6.33 Å². The van der Waals surface area contributed by atoms with Crippen LogP contribution in [0.2, 0.25) is 0 Å². The molecule has 162 valence electrons. The average molecular weight is 429 g/mol. The number of likely N-dealkylation sites (tertiary alicyclic amines) is 1. The number of anilines is 2. The van der Waals surface area contributed by atoms with Crippen molar-refractivity contribution in [2.24, 2.45) is 0 Å². The van der Waals surface area contributed by atoms with Crippen LogP contribution in [-0.2, 0) is 0 Å². The number of fused-ring (bicyclic) bond motifs is 1. The summed E-state index contributed by atoms with van der Waals surface area (Å²) in [6.07, 6.45) is 10.7. The second kappa shape index (κ2) is 8.51. The van der Waals surface area contributed by atoms with Crippen molar-refractivity contribution in [3.8, 4) is 11.3 Å². The lowest BCUT2D eigenvalue weighted by atomic mass is 9.89. The van der Waals surface area contributed by atoms with E-state index >= 15 is 4.39 Å². The first-order valence-corrected chi connectivity index (χ1v) is 10.8. The maximum Gasteiger partial charge on any atom is 0.141 e. The normalized spacial score (nSPS) is 16.5. The number of pyridine rings is 1. The molecule has 0 amide bonds. The van der Waals surface area contributed by atoms with Crippen LogP contribution in [0.5, 0.6) is 0 Å². The minimum Gasteiger partial charge on any atom is -0.362 e. The first-order valence-electron chi connectivity index (χ1n) is 10.8. The molecule has 7 heteroatoms. The largest absolute Gasteiger partial charge is 0.362 e. The lowest BCUT2D eigenvalue weighted by Crippen LogP contribution is -2.29. The summed E-state index contributed by atoms with van der Waals surface area (Å²) >= 11 is 0. The van der Waals surface area contributed by atoms with E-state index in [0.29, 0.717) is 11.5 Å². The van der Waals surface area contributed by atoms with Crippen LogP contribution in [0, 0.1) is 5.82 Å². The number of nitrogens with one attached hydrogen (secondary N) is 2. The number of rotatable bonds is 4. The zero-order valence-electron chi connectivity index (χ0n) is 18.0. The monoisotopic (exact) mass is 428 g/mol. The molecular weight excluding hydrogens is 403 g/mol. The highest BCUT2D eigenvalue weighted by atomic mass is 19.1. The van der Waals surface area contributed by atoms with Gasteiger partial charge in [0, 0.05) is 41.1 Å². The van der Waals surface area contributed by atoms with Gasteiger partial charge in [0.2, 0.25) is 0 Å². The van der Waals surface area contributed by atoms with Crippen molar-refractivity contribution in [3.05, 3.63) is 78.3 Å². The summed E-state index contributed by atoms with van der Waals surface area (Å²) in [5.41, 5.74) is 5.54. The Labute approximate surface area is 186 Å². The minimum absolute atomic E-state index is 0.178. The number of halogens is 1. The van der Waals surface area contributed by atoms with Crippen LogP contribution in [0.4, 0.5) is 15.9 Å². The molecule has 0 saturated carbocycles. The Hall–Kier alpha value is -3.58. The molecule has 0 atom stereocenters. The molecular formula is C25H25FN6. The zero-order valence-corrected chi connectivity index (χ0v) is 18.0. The Morgan fingerprint density at radius 2 is 1.94 bits per heavy atom. The number of aromatic nitrogens is 3. The van der Waals surface area contributed by atoms with E-state index in [2.05, 4.69) is 39.1 Å². The van der Waals surface area contributed by atoms with E-state index in [9.17, 15) is 0 Å². The first kappa shape index (κ1) is 20.3. The highest BCUT2D eigenvalue weighted by molar-refractivity contribution is 5.86. The number of benzene rings is 1. The second-order valence-electron chi connectivity index (χ2n) is 8.34. The van der Waals surface area contributed by atoms with Gasteiger partial charge in [-0.2, -0.15) is 0 Å². The van der Waals surface area contributed by atoms with E-state index in [1.807, 2.05) is 30.5 Å². The highest BCUT2D eigenvalue weighted by Gasteiger charge is 2.22. The molecule has 32 heavy (non-hydrogen) atoms. The molecule has 0 spiro atoms. The molecule has 2 aliphatic heterocycles. The van der Waals surface area contributed by atoms with Crippen LogP contribution in [0.1, 0.15) is 35.4 Å². The third kappa shape index (κ3) is 3.99. The predicted octanol–water partition coefficient (Wildman–Crippen LogP) is 4.78. The summed E-state index contributed by atoms with van der Waals surface area (Å²) in [7, 11) is 2.11. The second-order valence-corrected chi connectivity index (χ2v) is 8.34. The Kier molecular flexibility index (Phi) is 5.41. The molecule has 0 radical (unpaired) electrons. The SMILES string of the molecule is C=C1NC=Cc2cc(-c3cncnc3)nc(Nc3ccc(C4CCN(C)CC4)c(F)c3)c21. The summed E-state index contributed by atoms with van der Waals surface area (Å²) in [4.78, 5) is 15.3. The van der Waals surface area contributed by atoms with Crippen LogP contribution < -0.4 is 10.6 Å². The first-order chi connectivity index (χ1) is 15.6. The number of hydrogen-bond donors (Lipinski definition) is 2. The minimum atomic E-state index is -0.178. The lowest BCUT2D eigenvalue weighted by molar-refractivity contribution is 0.253. The summed E-state index contributed by atoms with van der Waals surface area (Å²) in [5, 5.41) is 6.45. The lowest BCUT2D eigenvalue weighted by Gasteiger charge is -2.29. The van der Waals surface area contributed by atoms with E-state index < -0.39 is 0 Å². The average Bonchev–Trinajstić information content (AvgIpc) is 2.80. The molecule has 1 aromatic carbocycles. The van der Waals surface area contributed by atoms with E-state index in [4.69, 9.17) is 4.98 Å². The molecule has 0 unspecified atom stereocenters. The molecule has 2 aliphatic rings. The molecule has 1 fully saturated rings. The molecule has 3 aromatic rings. The van der Waals surface area contributed by atoms with E-state index in [0.717, 1.165) is 59.6 Å². The highest BCUT2D eigenvalue weighted by Crippen LogP contribution is 2.35. The summed E-state index contributed by atoms with van der Waals surface area (Å²) in [6.45, 7) is 6.11. The van der Waals surface area contributed by atoms with Crippen LogP contribution in [0.15, 0.2) is 55.8 Å². The third-order valence-electron chi connectivity index (χ3n) is 6.15. The van der Waals surface area contributed by atoms with Gasteiger partial charge in [0.1, 0.15) is 18.0 Å². The quantitative estimate of drug-likeness (QED) is 0.624. The molecule has 0 aliphatic carbocycles. The van der Waals surface area contributed by atoms with Gasteiger partial charge in [-0.25, -0.2) is 19.3 Å². The van der Waals surface area contributed by atoms with Gasteiger partial charge >= 0.3 is 0 Å². The molecule has 1 saturated heterocycles. The maximum absolute atomic E-state index is 15.1. The van der Waals surface area contributed by atoms with Crippen molar-refractivity contribution in [2.45, 2.75) is 18.8 Å². The Bertz CT molecular complexity index is 1180. The fourth-order valence-corrected chi connectivity index (χ4v) is 4.38. The Morgan fingerprint density at radius 1 is 1.16 bits per heavy atom. The predicted molar refractivity (Wildman–Crippen MR) is 126 cm³/mol. The topological polar surface area (TPSA) is 66.0 Å². The Balaban J connectivity index is 1.49. The standard InChI is InChI=1S/C25H25FN6/c1-16-24-18(5-8-29-16)11-23(19-13-27-15-28-14-19)31-25(24)30-20-3-4-21(22(26)12-20)17-6-9-32(2)10-7-17/h3-5,8,11-15,17,29H,1,6-7,9-10H2,2H3,(H,30,31). The number of hydrogen-bond acceptors (Lipinski definition) is 6. The molecule has 5 rings (SSSR count). The van der Waals surface area contributed by atoms with Crippen LogP contribution in [0.3, 0.4) is 0 Å². The maximum atomic E-state index is 15.1. The van der Waals surface area contributed by atoms with Crippen LogP contribution in [0.25, 0.3) is 23.0 Å². The van der Waals surface area contributed by atoms with Crippen LogP contribution in [-0.4, -0.2) is 40.0 Å². The van der Waals surface area contributed by atoms with Crippen molar-refractivity contribution < 1.29 is 4.39 Å². The summed E-state index contributed by atoms with van der Waals surface area (Å²) < 4.78 is 15.1. The van der Waals surface area contributed by atoms with Crippen molar-refractivity contribution in [1.29, 1.82) is 0 Å². The molecule has 2 aromatic heterocycles. The van der Waals surface area contributed by atoms with Gasteiger partial charge in [-0.3, -0.25) is 0 Å². The molecule has 2 N–H and O–H groups in total. The van der Waals surface area contributed by atoms with Gasteiger partial charge in [0.05, 0.1) is 5.69 Å². The number of piperidine rings is 1. The van der Waals surface area contributed by atoms with Gasteiger partial charge in [-0.05, 0) is 74.3 Å². The van der Waals surface area contributed by atoms with Gasteiger partial charge in [0.25, 0.3) is 0 Å². The fraction of sp³-hybridized carbons (Fsp3) is 0.240. The molecule has 0 bridgehead atoms. The molecule has 4 heterocycles. The van der Waals surface area contributed by atoms with Crippen molar-refractivity contribution in [2.75, 3.05) is 25.5 Å². The summed E-state index contributed by atoms with van der Waals surface area (Å²) in [5.74, 6) is 0.694. The zero-order chi connectivity index (χ0) is 22.1. The fourth-order valence-electron chi connectivity index (χ4n) is 4.38. The van der Waals surface area contributed by atoms with Crippen molar-refractivity contribution >= 4 is 23.3 Å². The van der Waals surface area contributed by atoms with E-state index in [-0.39, 0.29) is 11.7 Å². The Morgan fingerprint density at radius 3 is 2.69 bits per heavy atom. The van der Waals surface area contributed by atoms with Crippen molar-refractivity contribution in [3.63, 3.8) is 0 Å². The van der Waals surface area contributed by atoms with Gasteiger partial charge in [-0.15, -0.1) is 0 Å². The third-order valence-corrected chi connectivity index (χ3v) is 6.15. The van der Waals surface area contributed by atoms with Crippen molar-refractivity contribution in [1.82, 2.24) is 25.2 Å². The van der Waals surface area contributed by atoms with Gasteiger partial charge in [-0.1, -0.05) is 12.6 Å². The molecule has 6 nitrogen and oxygen atoms in total. The number of nitrogens with zero attached hydrogens (tertiary/aromatic N) is 4. The van der Waals surface area contributed by atoms with E-state index in [1.54, 1.807) is 18.5 Å². The summed E-state index contributed by atoms with van der Waals surface area (Å²) in [6, 6.07) is 7.38. The van der Waals surface area contributed by atoms with Gasteiger partial charge < -0.3 is 15.5 Å². The van der Waals surface area contributed by atoms with Gasteiger partial charge in [0.15, 0.2) is 0 Å². The van der Waals surface area contributed by atoms with Crippen LogP contribution >= 0.6 is 0 Å².